The highest BCUT2D eigenvalue weighted by Gasteiger charge is 2.19. The molecule has 0 aliphatic heterocycles. The number of aryl methyl sites for hydroxylation is 1. The molecule has 0 aliphatic carbocycles. The third-order valence-corrected chi connectivity index (χ3v) is 5.96. The van der Waals surface area contributed by atoms with Crippen molar-refractivity contribution in [3.63, 3.8) is 0 Å². The van der Waals surface area contributed by atoms with Gasteiger partial charge in [0.2, 0.25) is 10.0 Å². The van der Waals surface area contributed by atoms with Crippen molar-refractivity contribution in [1.82, 2.24) is 4.72 Å². The molecule has 0 heterocycles. The number of hydrogen-bond acceptors (Lipinski definition) is 5. The molecule has 0 spiro atoms. The third kappa shape index (κ3) is 5.05. The molecule has 0 aliphatic rings. The van der Waals surface area contributed by atoms with Crippen molar-refractivity contribution in [2.75, 3.05) is 12.3 Å². The van der Waals surface area contributed by atoms with Crippen LogP contribution in [0.5, 0.6) is 0 Å². The Bertz CT molecular complexity index is 808. The maximum absolute atomic E-state index is 12.3. The lowest BCUT2D eigenvalue weighted by molar-refractivity contribution is -0.385. The Morgan fingerprint density at radius 1 is 1.17 bits per heavy atom. The normalized spacial score (nSPS) is 11.4. The molecule has 2 aromatic rings. The quantitative estimate of drug-likeness (QED) is 0.440. The number of hydrogen-bond donors (Lipinski definition) is 1. The smallest absolute Gasteiger partial charge is 0.258 e. The minimum Gasteiger partial charge on any atom is -0.258 e. The molecule has 0 unspecified atom stereocenters. The molecular weight excluding hydrogens is 348 g/mol. The summed E-state index contributed by atoms with van der Waals surface area (Å²) in [7, 11) is -3.76. The van der Waals surface area contributed by atoms with Gasteiger partial charge in [0.25, 0.3) is 5.69 Å². The molecule has 0 fully saturated rings. The van der Waals surface area contributed by atoms with Crippen molar-refractivity contribution in [3.05, 3.63) is 69.8 Å². The van der Waals surface area contributed by atoms with Crippen LogP contribution in [-0.2, 0) is 15.8 Å². The molecule has 0 amide bonds. The van der Waals surface area contributed by atoms with Gasteiger partial charge in [0.1, 0.15) is 0 Å². The number of non-ortho nitro benzene ring substituents is 1. The first-order chi connectivity index (χ1) is 11.4. The van der Waals surface area contributed by atoms with E-state index in [9.17, 15) is 18.5 Å². The highest BCUT2D eigenvalue weighted by Crippen LogP contribution is 2.21. The van der Waals surface area contributed by atoms with E-state index < -0.39 is 14.9 Å². The Morgan fingerprint density at radius 2 is 1.88 bits per heavy atom. The topological polar surface area (TPSA) is 89.3 Å². The van der Waals surface area contributed by atoms with E-state index >= 15 is 0 Å². The zero-order valence-electron chi connectivity index (χ0n) is 13.1. The molecule has 0 radical (unpaired) electrons. The van der Waals surface area contributed by atoms with E-state index in [1.54, 1.807) is 18.7 Å². The molecule has 8 heteroatoms. The summed E-state index contributed by atoms with van der Waals surface area (Å²) < 4.78 is 27.1. The van der Waals surface area contributed by atoms with Crippen molar-refractivity contribution in [2.24, 2.45) is 0 Å². The first-order valence-electron chi connectivity index (χ1n) is 7.26. The summed E-state index contributed by atoms with van der Waals surface area (Å²) in [5, 5.41) is 10.8. The van der Waals surface area contributed by atoms with E-state index in [1.165, 1.54) is 17.7 Å². The zero-order chi connectivity index (χ0) is 17.6. The van der Waals surface area contributed by atoms with Crippen molar-refractivity contribution in [2.45, 2.75) is 17.6 Å². The van der Waals surface area contributed by atoms with Crippen LogP contribution < -0.4 is 4.72 Å². The van der Waals surface area contributed by atoms with Crippen LogP contribution in [0.25, 0.3) is 0 Å². The minimum absolute atomic E-state index is 0.0511. The number of sulfonamides is 1. The first kappa shape index (κ1) is 18.4. The summed E-state index contributed by atoms with van der Waals surface area (Å²) in [6, 6.07) is 13.7. The Kier molecular flexibility index (Phi) is 6.36. The van der Waals surface area contributed by atoms with Gasteiger partial charge in [0.15, 0.2) is 0 Å². The summed E-state index contributed by atoms with van der Waals surface area (Å²) in [5.41, 5.74) is 1.42. The molecule has 0 saturated carbocycles. The first-order valence-corrected chi connectivity index (χ1v) is 9.90. The molecule has 0 saturated heterocycles. The zero-order valence-corrected chi connectivity index (χ0v) is 14.8. The number of nitrogens with one attached hydrogen (secondary N) is 1. The number of thioether (sulfide) groups is 1. The van der Waals surface area contributed by atoms with Crippen molar-refractivity contribution < 1.29 is 13.3 Å². The van der Waals surface area contributed by atoms with Crippen LogP contribution in [0.15, 0.2) is 53.4 Å². The number of rotatable bonds is 8. The molecule has 2 rings (SSSR count). The molecule has 2 aromatic carbocycles. The van der Waals surface area contributed by atoms with Crippen LogP contribution in [0.1, 0.15) is 11.1 Å². The van der Waals surface area contributed by atoms with Crippen LogP contribution >= 0.6 is 11.8 Å². The second-order valence-corrected chi connectivity index (χ2v) is 7.98. The Labute approximate surface area is 145 Å². The van der Waals surface area contributed by atoms with Crippen LogP contribution in [0, 0.1) is 17.0 Å². The molecule has 128 valence electrons. The van der Waals surface area contributed by atoms with E-state index in [0.29, 0.717) is 11.3 Å². The summed E-state index contributed by atoms with van der Waals surface area (Å²) in [6.07, 6.45) is 0. The predicted octanol–water partition coefficient (Wildman–Crippen LogP) is 3.11. The highest BCUT2D eigenvalue weighted by atomic mass is 32.2. The molecular formula is C16H18N2O4S2. The van der Waals surface area contributed by atoms with E-state index in [2.05, 4.69) is 4.72 Å². The van der Waals surface area contributed by atoms with Crippen molar-refractivity contribution in [3.8, 4) is 0 Å². The largest absolute Gasteiger partial charge is 0.270 e. The molecule has 6 nitrogen and oxygen atoms in total. The summed E-state index contributed by atoms with van der Waals surface area (Å²) >= 11 is 1.62. The van der Waals surface area contributed by atoms with Crippen LogP contribution in [-0.4, -0.2) is 25.6 Å². The SMILES string of the molecule is Cc1ccc([N+](=O)[O-])cc1S(=O)(=O)NCCSCc1ccccc1. The van der Waals surface area contributed by atoms with E-state index in [0.717, 1.165) is 11.8 Å². The number of nitrogens with zero attached hydrogens (tertiary/aromatic N) is 1. The van der Waals surface area contributed by atoms with E-state index in [1.807, 2.05) is 30.3 Å². The van der Waals surface area contributed by atoms with Crippen molar-refractivity contribution in [1.29, 1.82) is 0 Å². The summed E-state index contributed by atoms with van der Waals surface area (Å²) in [6.45, 7) is 1.88. The van der Waals surface area contributed by atoms with Crippen LogP contribution in [0.3, 0.4) is 0 Å². The fourth-order valence-corrected chi connectivity index (χ4v) is 4.32. The van der Waals surface area contributed by atoms with Gasteiger partial charge >= 0.3 is 0 Å². The van der Waals surface area contributed by atoms with E-state index in [-0.39, 0.29) is 17.1 Å². The lowest BCUT2D eigenvalue weighted by Crippen LogP contribution is -2.26. The molecule has 0 bridgehead atoms. The maximum atomic E-state index is 12.3. The second-order valence-electron chi connectivity index (χ2n) is 5.14. The highest BCUT2D eigenvalue weighted by molar-refractivity contribution is 7.98. The minimum atomic E-state index is -3.76. The Morgan fingerprint density at radius 3 is 2.54 bits per heavy atom. The third-order valence-electron chi connectivity index (χ3n) is 3.32. The van der Waals surface area contributed by atoms with Gasteiger partial charge in [-0.3, -0.25) is 10.1 Å². The Hall–Kier alpha value is -1.90. The number of benzene rings is 2. The fraction of sp³-hybridized carbons (Fsp3) is 0.250. The van der Waals surface area contributed by atoms with Gasteiger partial charge in [-0.2, -0.15) is 11.8 Å². The van der Waals surface area contributed by atoms with Gasteiger partial charge in [0.05, 0.1) is 9.82 Å². The van der Waals surface area contributed by atoms with Crippen LogP contribution in [0.2, 0.25) is 0 Å². The molecule has 0 atom stereocenters. The van der Waals surface area contributed by atoms with Crippen LogP contribution in [0.4, 0.5) is 5.69 Å². The maximum Gasteiger partial charge on any atom is 0.270 e. The van der Waals surface area contributed by atoms with E-state index in [4.69, 9.17) is 0 Å². The molecule has 0 aromatic heterocycles. The van der Waals surface area contributed by atoms with Gasteiger partial charge in [-0.25, -0.2) is 13.1 Å². The fourth-order valence-electron chi connectivity index (χ4n) is 2.08. The van der Waals surface area contributed by atoms with Gasteiger partial charge in [0, 0.05) is 30.2 Å². The molecule has 24 heavy (non-hydrogen) atoms. The standard InChI is InChI=1S/C16H18N2O4S2/c1-13-7-8-15(18(19)20)11-16(13)24(21,22)17-9-10-23-12-14-5-3-2-4-6-14/h2-8,11,17H,9-10,12H2,1H3. The summed E-state index contributed by atoms with van der Waals surface area (Å²) in [5.74, 6) is 1.42. The van der Waals surface area contributed by atoms with Crippen molar-refractivity contribution >= 4 is 27.5 Å². The number of nitro benzene ring substituents is 1. The number of nitro groups is 1. The predicted molar refractivity (Wildman–Crippen MR) is 95.6 cm³/mol. The average Bonchev–Trinajstić information content (AvgIpc) is 2.55. The van der Waals surface area contributed by atoms with Gasteiger partial charge in [-0.1, -0.05) is 36.4 Å². The van der Waals surface area contributed by atoms with Gasteiger partial charge in [-0.05, 0) is 18.1 Å². The monoisotopic (exact) mass is 366 g/mol. The van der Waals surface area contributed by atoms with Gasteiger partial charge in [-0.15, -0.1) is 0 Å². The Balaban J connectivity index is 1.92. The summed E-state index contributed by atoms with van der Waals surface area (Å²) in [4.78, 5) is 10.2. The lowest BCUT2D eigenvalue weighted by Gasteiger charge is -2.09. The van der Waals surface area contributed by atoms with Gasteiger partial charge < -0.3 is 0 Å². The molecule has 1 N–H and O–H groups in total. The second kappa shape index (κ2) is 8.27. The average molecular weight is 366 g/mol. The lowest BCUT2D eigenvalue weighted by atomic mass is 10.2.